The second-order valence-electron chi connectivity index (χ2n) is 4.76. The summed E-state index contributed by atoms with van der Waals surface area (Å²) in [5.74, 6) is 0.403. The number of imidazole rings is 1. The second-order valence-corrected chi connectivity index (χ2v) is 4.76. The van der Waals surface area contributed by atoms with Crippen LogP contribution in [0.15, 0.2) is 6.33 Å². The number of anilines is 1. The van der Waals surface area contributed by atoms with Crippen LogP contribution in [-0.4, -0.2) is 55.2 Å². The maximum absolute atomic E-state index is 9.85. The number of aromatic nitrogens is 4. The molecule has 9 heteroatoms. The lowest BCUT2D eigenvalue weighted by molar-refractivity contribution is -0.0431. The lowest BCUT2D eigenvalue weighted by atomic mass is 10.2. The highest BCUT2D eigenvalue weighted by Gasteiger charge is 2.35. The molecule has 1 saturated heterocycles. The van der Waals surface area contributed by atoms with E-state index in [4.69, 9.17) is 20.3 Å². The van der Waals surface area contributed by atoms with Gasteiger partial charge in [0.25, 0.3) is 0 Å². The molecule has 0 aliphatic carbocycles. The van der Waals surface area contributed by atoms with Crippen LogP contribution >= 0.6 is 0 Å². The van der Waals surface area contributed by atoms with E-state index in [9.17, 15) is 5.11 Å². The van der Waals surface area contributed by atoms with Gasteiger partial charge in [0.1, 0.15) is 12.3 Å². The van der Waals surface area contributed by atoms with Crippen molar-refractivity contribution in [2.45, 2.75) is 31.8 Å². The van der Waals surface area contributed by atoms with Gasteiger partial charge in [-0.2, -0.15) is 9.97 Å². The smallest absolute Gasteiger partial charge is 0.245 e. The fourth-order valence-corrected chi connectivity index (χ4v) is 2.44. The van der Waals surface area contributed by atoms with Crippen LogP contribution in [0.2, 0.25) is 0 Å². The minimum atomic E-state index is -0.734. The van der Waals surface area contributed by atoms with Gasteiger partial charge in [0, 0.05) is 6.42 Å². The number of rotatable bonds is 4. The lowest BCUT2D eigenvalue weighted by Crippen LogP contribution is -2.24. The maximum atomic E-state index is 9.85. The molecule has 4 N–H and O–H groups in total. The van der Waals surface area contributed by atoms with Gasteiger partial charge in [-0.3, -0.25) is 4.57 Å². The fraction of sp³-hybridized carbons (Fsp3) is 0.583. The normalized spacial score (nSPS) is 25.6. The third-order valence-electron chi connectivity index (χ3n) is 3.39. The number of aliphatic hydroxyl groups is 2. The van der Waals surface area contributed by atoms with E-state index in [0.29, 0.717) is 30.1 Å². The summed E-state index contributed by atoms with van der Waals surface area (Å²) in [6.07, 6.45) is 0.0689. The van der Waals surface area contributed by atoms with Gasteiger partial charge in [-0.15, -0.1) is 0 Å². The van der Waals surface area contributed by atoms with Crippen LogP contribution in [0.3, 0.4) is 0 Å². The molecule has 1 aliphatic heterocycles. The van der Waals surface area contributed by atoms with Crippen LogP contribution in [0.5, 0.6) is 5.88 Å². The van der Waals surface area contributed by atoms with E-state index < -0.39 is 18.4 Å². The van der Waals surface area contributed by atoms with Gasteiger partial charge in [-0.1, -0.05) is 0 Å². The predicted octanol–water partition coefficient (Wildman–Crippen LogP) is -0.552. The molecule has 2 aromatic rings. The Bertz CT molecular complexity index is 646. The predicted molar refractivity (Wildman–Crippen MR) is 72.5 cm³/mol. The SMILES string of the molecule is CCOc1nc(N)nc2ncn([C@H]3C[C@H](O)[C@@H](CO)O3)c12. The lowest BCUT2D eigenvalue weighted by Gasteiger charge is -2.15. The standard InChI is InChI=1S/C12H17N5O4/c1-2-20-11-9-10(15-12(13)16-11)14-5-17(9)8-3-6(19)7(4-18)21-8/h5-8,18-19H,2-4H2,1H3,(H2,13,15,16)/t6-,7+,8+/m0/s1. The van der Waals surface area contributed by atoms with Gasteiger partial charge in [0.15, 0.2) is 11.2 Å². The molecule has 0 amide bonds. The minimum absolute atomic E-state index is 0.0804. The number of aliphatic hydroxyl groups excluding tert-OH is 2. The molecule has 0 saturated carbocycles. The van der Waals surface area contributed by atoms with Crippen molar-refractivity contribution in [2.24, 2.45) is 0 Å². The Morgan fingerprint density at radius 2 is 2.33 bits per heavy atom. The minimum Gasteiger partial charge on any atom is -0.476 e. The molecule has 3 atom stereocenters. The number of ether oxygens (including phenoxy) is 2. The van der Waals surface area contributed by atoms with E-state index in [1.165, 1.54) is 0 Å². The number of fused-ring (bicyclic) bond motifs is 1. The molecule has 21 heavy (non-hydrogen) atoms. The summed E-state index contributed by atoms with van der Waals surface area (Å²) in [6, 6.07) is 0. The monoisotopic (exact) mass is 295 g/mol. The fourth-order valence-electron chi connectivity index (χ4n) is 2.44. The first-order valence-electron chi connectivity index (χ1n) is 6.71. The molecular weight excluding hydrogens is 278 g/mol. The summed E-state index contributed by atoms with van der Waals surface area (Å²) in [4.78, 5) is 12.3. The molecule has 0 spiro atoms. The van der Waals surface area contributed by atoms with Crippen molar-refractivity contribution in [2.75, 3.05) is 18.9 Å². The van der Waals surface area contributed by atoms with Crippen LogP contribution in [0.1, 0.15) is 19.6 Å². The van der Waals surface area contributed by atoms with Crippen molar-refractivity contribution in [1.82, 2.24) is 19.5 Å². The van der Waals surface area contributed by atoms with Crippen LogP contribution in [0.4, 0.5) is 5.95 Å². The number of nitrogen functional groups attached to an aromatic ring is 1. The molecule has 1 fully saturated rings. The maximum Gasteiger partial charge on any atom is 0.245 e. The summed E-state index contributed by atoms with van der Waals surface area (Å²) in [5, 5.41) is 19.0. The van der Waals surface area contributed by atoms with Gasteiger partial charge in [0.05, 0.1) is 25.6 Å². The Morgan fingerprint density at radius 1 is 1.52 bits per heavy atom. The van der Waals surface area contributed by atoms with E-state index in [0.717, 1.165) is 0 Å². The van der Waals surface area contributed by atoms with Gasteiger partial charge in [0.2, 0.25) is 11.8 Å². The van der Waals surface area contributed by atoms with Crippen molar-refractivity contribution < 1.29 is 19.7 Å². The van der Waals surface area contributed by atoms with Gasteiger partial charge < -0.3 is 25.4 Å². The zero-order valence-electron chi connectivity index (χ0n) is 11.5. The van der Waals surface area contributed by atoms with Gasteiger partial charge in [-0.25, -0.2) is 4.98 Å². The van der Waals surface area contributed by atoms with E-state index in [1.807, 2.05) is 6.92 Å². The largest absolute Gasteiger partial charge is 0.476 e. The van der Waals surface area contributed by atoms with E-state index in [1.54, 1.807) is 10.9 Å². The highest BCUT2D eigenvalue weighted by atomic mass is 16.5. The number of hydrogen-bond donors (Lipinski definition) is 3. The molecule has 3 heterocycles. The van der Waals surface area contributed by atoms with Crippen molar-refractivity contribution in [3.8, 4) is 5.88 Å². The van der Waals surface area contributed by atoms with Crippen LogP contribution < -0.4 is 10.5 Å². The topological polar surface area (TPSA) is 129 Å². The van der Waals surface area contributed by atoms with Crippen LogP contribution in [0.25, 0.3) is 11.2 Å². The third-order valence-corrected chi connectivity index (χ3v) is 3.39. The first kappa shape index (κ1) is 14.0. The number of hydrogen-bond acceptors (Lipinski definition) is 8. The molecule has 0 radical (unpaired) electrons. The number of nitrogens with zero attached hydrogens (tertiary/aromatic N) is 4. The van der Waals surface area contributed by atoms with Gasteiger partial charge >= 0.3 is 0 Å². The molecule has 3 rings (SSSR count). The van der Waals surface area contributed by atoms with E-state index in [-0.39, 0.29) is 12.6 Å². The molecule has 114 valence electrons. The second kappa shape index (κ2) is 5.43. The van der Waals surface area contributed by atoms with Crippen molar-refractivity contribution >= 4 is 17.1 Å². The Kier molecular flexibility index (Phi) is 3.62. The van der Waals surface area contributed by atoms with E-state index in [2.05, 4.69) is 15.0 Å². The highest BCUT2D eigenvalue weighted by molar-refractivity contribution is 5.77. The molecule has 2 aromatic heterocycles. The molecule has 0 bridgehead atoms. The summed E-state index contributed by atoms with van der Waals surface area (Å²) in [6.45, 7) is 2.01. The van der Waals surface area contributed by atoms with Crippen molar-refractivity contribution in [3.63, 3.8) is 0 Å². The summed E-state index contributed by atoms with van der Waals surface area (Å²) >= 11 is 0. The highest BCUT2D eigenvalue weighted by Crippen LogP contribution is 2.33. The van der Waals surface area contributed by atoms with Gasteiger partial charge in [-0.05, 0) is 6.92 Å². The first-order chi connectivity index (χ1) is 10.1. The summed E-state index contributed by atoms with van der Waals surface area (Å²) < 4.78 is 12.8. The first-order valence-corrected chi connectivity index (χ1v) is 6.71. The number of nitrogens with two attached hydrogens (primary N) is 1. The zero-order valence-corrected chi connectivity index (χ0v) is 11.5. The van der Waals surface area contributed by atoms with Crippen LogP contribution in [-0.2, 0) is 4.74 Å². The molecule has 0 unspecified atom stereocenters. The Morgan fingerprint density at radius 3 is 3.00 bits per heavy atom. The molecule has 1 aliphatic rings. The zero-order chi connectivity index (χ0) is 15.0. The van der Waals surface area contributed by atoms with Crippen molar-refractivity contribution in [3.05, 3.63) is 6.33 Å². The quantitative estimate of drug-likeness (QED) is 0.685. The Labute approximate surface area is 120 Å². The van der Waals surface area contributed by atoms with Crippen LogP contribution in [0, 0.1) is 0 Å². The Hall–Kier alpha value is -1.97. The average Bonchev–Trinajstić information content (AvgIpc) is 3.02. The average molecular weight is 295 g/mol. The van der Waals surface area contributed by atoms with Crippen molar-refractivity contribution in [1.29, 1.82) is 0 Å². The molecule has 9 nitrogen and oxygen atoms in total. The Balaban J connectivity index is 2.03. The summed E-state index contributed by atoms with van der Waals surface area (Å²) in [7, 11) is 0. The molecule has 0 aromatic carbocycles. The summed E-state index contributed by atoms with van der Waals surface area (Å²) in [5.41, 5.74) is 6.58. The third kappa shape index (κ3) is 2.39. The molecular formula is C12H17N5O4. The van der Waals surface area contributed by atoms with E-state index >= 15 is 0 Å².